The molecule has 3 aromatic carbocycles. The smallest absolute Gasteiger partial charge is 0.123 e. The van der Waals surface area contributed by atoms with Crippen LogP contribution in [0.5, 0.6) is 5.75 Å². The highest BCUT2D eigenvalue weighted by Gasteiger charge is 2.32. The number of piperidine rings is 1. The SMILES string of the molecule is CN(C)c1ccc(C(c2cc(C(C)(C)C)c(O)c(C(C)(C)C)c2)N2CCC(Cc3ccccc3)CC2)cc1. The second kappa shape index (κ2) is 11.1. The number of benzene rings is 3. The van der Waals surface area contributed by atoms with E-state index in [0.29, 0.717) is 5.75 Å². The van der Waals surface area contributed by atoms with Gasteiger partial charge in [-0.3, -0.25) is 4.90 Å². The Hall–Kier alpha value is -2.78. The second-order valence-electron chi connectivity index (χ2n) is 13.5. The fourth-order valence-electron chi connectivity index (χ4n) is 5.89. The molecule has 1 aliphatic heterocycles. The lowest BCUT2D eigenvalue weighted by molar-refractivity contribution is 0.150. The standard InChI is InChI=1S/C35H48N2O/c1-34(2,3)30-23-28(24-31(33(30)38)35(4,5)6)32(27-14-16-29(17-15-27)36(7)8)37-20-18-26(19-21-37)22-25-12-10-9-11-13-25/h9-17,23-24,26,32,38H,18-22H2,1-8H3. The van der Waals surface area contributed by atoms with Gasteiger partial charge in [0.25, 0.3) is 0 Å². The lowest BCUT2D eigenvalue weighted by atomic mass is 9.77. The van der Waals surface area contributed by atoms with E-state index in [2.05, 4.69) is 132 Å². The van der Waals surface area contributed by atoms with E-state index in [0.717, 1.165) is 30.1 Å². The van der Waals surface area contributed by atoms with Crippen molar-refractivity contribution in [3.63, 3.8) is 0 Å². The molecular formula is C35H48N2O. The van der Waals surface area contributed by atoms with Gasteiger partial charge in [0.2, 0.25) is 0 Å². The quantitative estimate of drug-likeness (QED) is 0.361. The summed E-state index contributed by atoms with van der Waals surface area (Å²) < 4.78 is 0. The molecule has 0 amide bonds. The number of likely N-dealkylation sites (tertiary alicyclic amines) is 1. The Kier molecular flexibility index (Phi) is 8.28. The van der Waals surface area contributed by atoms with E-state index in [-0.39, 0.29) is 16.9 Å². The van der Waals surface area contributed by atoms with E-state index < -0.39 is 0 Å². The fraction of sp³-hybridized carbons (Fsp3) is 0.486. The predicted octanol–water partition coefficient (Wildman–Crippen LogP) is 8.10. The van der Waals surface area contributed by atoms with Crippen LogP contribution in [0.1, 0.15) is 88.2 Å². The molecule has 204 valence electrons. The molecule has 0 aliphatic carbocycles. The number of rotatable bonds is 6. The lowest BCUT2D eigenvalue weighted by Crippen LogP contribution is -2.38. The molecule has 1 unspecified atom stereocenters. The van der Waals surface area contributed by atoms with Gasteiger partial charge in [0.15, 0.2) is 0 Å². The molecule has 3 nitrogen and oxygen atoms in total. The third-order valence-electron chi connectivity index (χ3n) is 8.17. The minimum absolute atomic E-state index is 0.151. The maximum absolute atomic E-state index is 11.4. The van der Waals surface area contributed by atoms with Crippen LogP contribution in [0.25, 0.3) is 0 Å². The maximum atomic E-state index is 11.4. The molecule has 0 radical (unpaired) electrons. The average Bonchev–Trinajstić information content (AvgIpc) is 2.85. The van der Waals surface area contributed by atoms with E-state index >= 15 is 0 Å². The van der Waals surface area contributed by atoms with Crippen molar-refractivity contribution in [3.8, 4) is 5.75 Å². The van der Waals surface area contributed by atoms with E-state index in [4.69, 9.17) is 0 Å². The Balaban J connectivity index is 1.73. The zero-order chi connectivity index (χ0) is 27.7. The van der Waals surface area contributed by atoms with Gasteiger partial charge in [-0.15, -0.1) is 0 Å². The molecule has 1 N–H and O–H groups in total. The van der Waals surface area contributed by atoms with Crippen LogP contribution in [-0.4, -0.2) is 37.2 Å². The highest BCUT2D eigenvalue weighted by atomic mass is 16.3. The van der Waals surface area contributed by atoms with Gasteiger partial charge in [0.1, 0.15) is 5.75 Å². The fourth-order valence-corrected chi connectivity index (χ4v) is 5.89. The number of aromatic hydroxyl groups is 1. The normalized spacial score (nSPS) is 16.4. The Morgan fingerprint density at radius 1 is 0.789 bits per heavy atom. The van der Waals surface area contributed by atoms with Crippen molar-refractivity contribution in [3.05, 3.63) is 94.5 Å². The van der Waals surface area contributed by atoms with Crippen molar-refractivity contribution < 1.29 is 5.11 Å². The number of phenols is 1. The first-order valence-electron chi connectivity index (χ1n) is 14.3. The summed E-state index contributed by atoms with van der Waals surface area (Å²) in [7, 11) is 4.18. The number of hydrogen-bond donors (Lipinski definition) is 1. The van der Waals surface area contributed by atoms with Crippen LogP contribution >= 0.6 is 0 Å². The lowest BCUT2D eigenvalue weighted by Gasteiger charge is -2.39. The minimum Gasteiger partial charge on any atom is -0.507 e. The monoisotopic (exact) mass is 512 g/mol. The largest absolute Gasteiger partial charge is 0.507 e. The highest BCUT2D eigenvalue weighted by molar-refractivity contribution is 5.53. The topological polar surface area (TPSA) is 26.7 Å². The molecule has 3 heteroatoms. The molecule has 1 atom stereocenters. The molecule has 1 saturated heterocycles. The van der Waals surface area contributed by atoms with Crippen LogP contribution in [0.15, 0.2) is 66.7 Å². The first-order chi connectivity index (χ1) is 17.8. The van der Waals surface area contributed by atoms with E-state index in [1.807, 2.05) is 0 Å². The molecule has 1 heterocycles. The van der Waals surface area contributed by atoms with Gasteiger partial charge in [-0.25, -0.2) is 0 Å². The van der Waals surface area contributed by atoms with Crippen molar-refractivity contribution in [2.75, 3.05) is 32.1 Å². The van der Waals surface area contributed by atoms with Crippen LogP contribution < -0.4 is 4.90 Å². The zero-order valence-corrected chi connectivity index (χ0v) is 24.9. The van der Waals surface area contributed by atoms with Gasteiger partial charge in [0, 0.05) is 19.8 Å². The third kappa shape index (κ3) is 6.43. The van der Waals surface area contributed by atoms with Crippen molar-refractivity contribution in [2.45, 2.75) is 77.7 Å². The van der Waals surface area contributed by atoms with Crippen LogP contribution in [0.3, 0.4) is 0 Å². The van der Waals surface area contributed by atoms with Gasteiger partial charge < -0.3 is 10.0 Å². The van der Waals surface area contributed by atoms with Crippen LogP contribution in [0.4, 0.5) is 5.69 Å². The number of hydrogen-bond acceptors (Lipinski definition) is 3. The second-order valence-corrected chi connectivity index (χ2v) is 13.5. The van der Waals surface area contributed by atoms with Gasteiger partial charge in [0.05, 0.1) is 6.04 Å². The van der Waals surface area contributed by atoms with Crippen molar-refractivity contribution in [1.29, 1.82) is 0 Å². The summed E-state index contributed by atoms with van der Waals surface area (Å²) in [6, 6.07) is 24.7. The van der Waals surface area contributed by atoms with Crippen LogP contribution in [0, 0.1) is 5.92 Å². The Morgan fingerprint density at radius 2 is 1.32 bits per heavy atom. The number of nitrogens with zero attached hydrogens (tertiary/aromatic N) is 2. The molecule has 0 saturated carbocycles. The van der Waals surface area contributed by atoms with Crippen molar-refractivity contribution >= 4 is 5.69 Å². The molecular weight excluding hydrogens is 464 g/mol. The summed E-state index contributed by atoms with van der Waals surface area (Å²) in [5.74, 6) is 1.18. The molecule has 4 rings (SSSR count). The molecule has 0 aromatic heterocycles. The summed E-state index contributed by atoms with van der Waals surface area (Å²) in [5, 5.41) is 11.4. The van der Waals surface area contributed by atoms with Crippen molar-refractivity contribution in [1.82, 2.24) is 4.90 Å². The number of phenolic OH excluding ortho intramolecular Hbond substituents is 1. The van der Waals surface area contributed by atoms with Crippen LogP contribution in [0.2, 0.25) is 0 Å². The van der Waals surface area contributed by atoms with Gasteiger partial charge >= 0.3 is 0 Å². The summed E-state index contributed by atoms with van der Waals surface area (Å²) in [5.41, 5.74) is 7.04. The Morgan fingerprint density at radius 3 is 1.79 bits per heavy atom. The van der Waals surface area contributed by atoms with Crippen molar-refractivity contribution in [2.24, 2.45) is 5.92 Å². The molecule has 0 bridgehead atoms. The predicted molar refractivity (Wildman–Crippen MR) is 163 cm³/mol. The van der Waals surface area contributed by atoms with Crippen LogP contribution in [-0.2, 0) is 17.3 Å². The molecule has 1 fully saturated rings. The van der Waals surface area contributed by atoms with Gasteiger partial charge in [-0.05, 0) is 101 Å². The van der Waals surface area contributed by atoms with E-state index in [9.17, 15) is 5.11 Å². The molecule has 0 spiro atoms. The number of anilines is 1. The molecule has 38 heavy (non-hydrogen) atoms. The summed E-state index contributed by atoms with van der Waals surface area (Å²) >= 11 is 0. The van der Waals surface area contributed by atoms with Gasteiger partial charge in [-0.1, -0.05) is 84.0 Å². The first-order valence-corrected chi connectivity index (χ1v) is 14.3. The van der Waals surface area contributed by atoms with Gasteiger partial charge in [-0.2, -0.15) is 0 Å². The third-order valence-corrected chi connectivity index (χ3v) is 8.17. The first kappa shape index (κ1) is 28.2. The Labute approximate surface area is 231 Å². The summed E-state index contributed by atoms with van der Waals surface area (Å²) in [6.45, 7) is 15.4. The molecule has 1 aliphatic rings. The zero-order valence-electron chi connectivity index (χ0n) is 24.9. The summed E-state index contributed by atoms with van der Waals surface area (Å²) in [6.07, 6.45) is 3.58. The maximum Gasteiger partial charge on any atom is 0.123 e. The Bertz CT molecular complexity index is 1160. The summed E-state index contributed by atoms with van der Waals surface area (Å²) in [4.78, 5) is 4.83. The molecule has 3 aromatic rings. The highest BCUT2D eigenvalue weighted by Crippen LogP contribution is 2.43. The average molecular weight is 513 g/mol. The van der Waals surface area contributed by atoms with E-state index in [1.165, 1.54) is 41.6 Å². The van der Waals surface area contributed by atoms with E-state index in [1.54, 1.807) is 0 Å². The minimum atomic E-state index is -0.151.